The monoisotopic (exact) mass is 573 g/mol. The minimum absolute atomic E-state index is 0.0106. The molecule has 2 aromatic carbocycles. The van der Waals surface area contributed by atoms with Crippen LogP contribution in [0, 0.1) is 11.7 Å². The Hall–Kier alpha value is -3.90. The molecule has 40 heavy (non-hydrogen) atoms. The highest BCUT2D eigenvalue weighted by Gasteiger charge is 2.41. The van der Waals surface area contributed by atoms with Gasteiger partial charge in [-0.25, -0.2) is 13.8 Å². The average Bonchev–Trinajstić information content (AvgIpc) is 3.45. The van der Waals surface area contributed by atoms with Crippen LogP contribution >= 0.6 is 11.3 Å². The molecule has 0 spiro atoms. The first kappa shape index (κ1) is 27.7. The van der Waals surface area contributed by atoms with Crippen molar-refractivity contribution in [1.82, 2.24) is 15.2 Å². The van der Waals surface area contributed by atoms with E-state index in [1.54, 1.807) is 11.0 Å². The summed E-state index contributed by atoms with van der Waals surface area (Å²) in [7, 11) is 0. The number of ether oxygens (including phenoxy) is 1. The fraction of sp³-hybridized carbons (Fsp3) is 0.250. The zero-order valence-corrected chi connectivity index (χ0v) is 21.9. The van der Waals surface area contributed by atoms with Crippen LogP contribution in [0.25, 0.3) is 22.5 Å². The van der Waals surface area contributed by atoms with Gasteiger partial charge in [-0.2, -0.15) is 23.4 Å². The number of alkyl halides is 3. The Morgan fingerprint density at radius 2 is 1.95 bits per heavy atom. The van der Waals surface area contributed by atoms with E-state index in [1.807, 2.05) is 0 Å². The summed E-state index contributed by atoms with van der Waals surface area (Å²) in [6, 6.07) is 9.29. The molecule has 5 rings (SSSR count). The number of hydrogen-bond acceptors (Lipinski definition) is 7. The second-order valence-electron chi connectivity index (χ2n) is 9.26. The van der Waals surface area contributed by atoms with E-state index in [0.29, 0.717) is 30.1 Å². The number of piperidine rings is 1. The van der Waals surface area contributed by atoms with Gasteiger partial charge in [-0.3, -0.25) is 0 Å². The molecule has 208 valence electrons. The van der Waals surface area contributed by atoms with E-state index in [1.165, 1.54) is 53.4 Å². The molecule has 0 amide bonds. The van der Waals surface area contributed by atoms with Gasteiger partial charge in [-0.15, -0.1) is 11.3 Å². The summed E-state index contributed by atoms with van der Waals surface area (Å²) < 4.78 is 79.5. The van der Waals surface area contributed by atoms with Gasteiger partial charge in [-0.05, 0) is 61.7 Å². The van der Waals surface area contributed by atoms with Gasteiger partial charge < -0.3 is 15.4 Å². The molecule has 2 N–H and O–H groups in total. The molecule has 0 saturated carbocycles. The van der Waals surface area contributed by atoms with Crippen LogP contribution in [0.2, 0.25) is 0 Å². The third kappa shape index (κ3) is 5.97. The molecule has 1 aliphatic heterocycles. The number of nitrogens with zero attached hydrogens (tertiary/aromatic N) is 4. The zero-order valence-electron chi connectivity index (χ0n) is 21.0. The second kappa shape index (κ2) is 11.7. The highest BCUT2D eigenvalue weighted by molar-refractivity contribution is 7.13. The molecule has 1 saturated heterocycles. The molecule has 1 aliphatic rings. The first-order chi connectivity index (χ1) is 19.2. The molecule has 0 bridgehead atoms. The normalized spacial score (nSPS) is 16.3. The Kier molecular flexibility index (Phi) is 8.08. The summed E-state index contributed by atoms with van der Waals surface area (Å²) in [4.78, 5) is 5.85. The molecule has 12 heteroatoms. The van der Waals surface area contributed by atoms with Crippen LogP contribution in [-0.2, 0) is 6.18 Å². The van der Waals surface area contributed by atoms with Crippen LogP contribution in [0.15, 0.2) is 60.2 Å². The molecular weight excluding hydrogens is 549 g/mol. The van der Waals surface area contributed by atoms with Crippen molar-refractivity contribution >= 4 is 28.9 Å². The molecular formula is C28H24F5N5OS. The van der Waals surface area contributed by atoms with Crippen molar-refractivity contribution < 1.29 is 26.7 Å². The SMILES string of the molecule is NCC1CCCN(c2c(/C=C(\F)c3csc(-c4ccnnc4)n3)ccc(Oc3ccccc3F)c2C(F)(F)F)C1. The molecule has 0 radical (unpaired) electrons. The summed E-state index contributed by atoms with van der Waals surface area (Å²) in [5, 5.41) is 9.46. The van der Waals surface area contributed by atoms with Crippen molar-refractivity contribution in [2.24, 2.45) is 11.7 Å². The van der Waals surface area contributed by atoms with Crippen molar-refractivity contribution in [1.29, 1.82) is 0 Å². The Morgan fingerprint density at radius 1 is 1.12 bits per heavy atom. The third-order valence-corrected chi connectivity index (χ3v) is 7.43. The molecule has 6 nitrogen and oxygen atoms in total. The Morgan fingerprint density at radius 3 is 2.67 bits per heavy atom. The van der Waals surface area contributed by atoms with E-state index in [0.717, 1.165) is 24.6 Å². The van der Waals surface area contributed by atoms with Gasteiger partial charge in [0.05, 0.1) is 18.1 Å². The van der Waals surface area contributed by atoms with Gasteiger partial charge in [-0.1, -0.05) is 12.1 Å². The summed E-state index contributed by atoms with van der Waals surface area (Å²) in [6.07, 6.45) is 0.479. The van der Waals surface area contributed by atoms with E-state index < -0.39 is 29.1 Å². The van der Waals surface area contributed by atoms with Gasteiger partial charge in [0, 0.05) is 29.6 Å². The topological polar surface area (TPSA) is 77.2 Å². The predicted octanol–water partition coefficient (Wildman–Crippen LogP) is 7.19. The molecule has 4 aromatic rings. The second-order valence-corrected chi connectivity index (χ2v) is 10.1. The van der Waals surface area contributed by atoms with E-state index in [4.69, 9.17) is 10.5 Å². The number of hydrogen-bond donors (Lipinski definition) is 1. The van der Waals surface area contributed by atoms with Gasteiger partial charge in [0.15, 0.2) is 11.6 Å². The Balaban J connectivity index is 1.62. The number of nitrogens with two attached hydrogens (primary N) is 1. The van der Waals surface area contributed by atoms with Gasteiger partial charge >= 0.3 is 6.18 Å². The minimum Gasteiger partial charge on any atom is -0.454 e. The summed E-state index contributed by atoms with van der Waals surface area (Å²) in [5.41, 5.74) is 5.09. The Bertz CT molecular complexity index is 1510. The highest BCUT2D eigenvalue weighted by atomic mass is 32.1. The summed E-state index contributed by atoms with van der Waals surface area (Å²) in [5.74, 6) is -2.59. The van der Waals surface area contributed by atoms with E-state index in [-0.39, 0.29) is 35.2 Å². The van der Waals surface area contributed by atoms with Crippen LogP contribution in [0.1, 0.15) is 29.7 Å². The highest BCUT2D eigenvalue weighted by Crippen LogP contribution is 2.47. The lowest BCUT2D eigenvalue weighted by molar-refractivity contribution is -0.138. The molecule has 3 heterocycles. The maximum atomic E-state index is 15.5. The summed E-state index contributed by atoms with van der Waals surface area (Å²) in [6.45, 7) is 0.858. The van der Waals surface area contributed by atoms with Gasteiger partial charge in [0.1, 0.15) is 27.8 Å². The van der Waals surface area contributed by atoms with Crippen LogP contribution in [0.5, 0.6) is 11.5 Å². The third-order valence-electron chi connectivity index (χ3n) is 6.54. The first-order valence-corrected chi connectivity index (χ1v) is 13.3. The largest absolute Gasteiger partial charge is 0.454 e. The minimum atomic E-state index is -4.89. The van der Waals surface area contributed by atoms with Crippen LogP contribution < -0.4 is 15.4 Å². The fourth-order valence-corrected chi connectivity index (χ4v) is 5.45. The number of aromatic nitrogens is 3. The number of rotatable bonds is 7. The Labute approximate surface area is 231 Å². The van der Waals surface area contributed by atoms with E-state index in [2.05, 4.69) is 15.2 Å². The van der Waals surface area contributed by atoms with Crippen molar-refractivity contribution in [2.75, 3.05) is 24.5 Å². The molecule has 1 atom stereocenters. The fourth-order valence-electron chi connectivity index (χ4n) is 4.66. The number of para-hydroxylation sites is 1. The summed E-state index contributed by atoms with van der Waals surface area (Å²) >= 11 is 1.17. The smallest absolute Gasteiger partial charge is 0.422 e. The van der Waals surface area contributed by atoms with Crippen LogP contribution in [-0.4, -0.2) is 34.8 Å². The number of benzene rings is 2. The van der Waals surface area contributed by atoms with Gasteiger partial charge in [0.25, 0.3) is 0 Å². The lowest BCUT2D eigenvalue weighted by Gasteiger charge is -2.36. The maximum absolute atomic E-state index is 15.5. The van der Waals surface area contributed by atoms with E-state index in [9.17, 15) is 17.6 Å². The van der Waals surface area contributed by atoms with Crippen LogP contribution in [0.4, 0.5) is 27.6 Å². The quantitative estimate of drug-likeness (QED) is 0.236. The predicted molar refractivity (Wildman–Crippen MR) is 144 cm³/mol. The van der Waals surface area contributed by atoms with Crippen molar-refractivity contribution in [3.8, 4) is 22.1 Å². The maximum Gasteiger partial charge on any atom is 0.422 e. The van der Waals surface area contributed by atoms with Crippen LogP contribution in [0.3, 0.4) is 0 Å². The zero-order chi connectivity index (χ0) is 28.3. The van der Waals surface area contributed by atoms with Gasteiger partial charge in [0.2, 0.25) is 0 Å². The first-order valence-electron chi connectivity index (χ1n) is 12.5. The molecule has 1 unspecified atom stereocenters. The molecule has 0 aliphatic carbocycles. The van der Waals surface area contributed by atoms with Crippen molar-refractivity contribution in [3.63, 3.8) is 0 Å². The molecule has 1 fully saturated rings. The average molecular weight is 574 g/mol. The van der Waals surface area contributed by atoms with Crippen molar-refractivity contribution in [2.45, 2.75) is 19.0 Å². The van der Waals surface area contributed by atoms with Crippen molar-refractivity contribution in [3.05, 3.63) is 82.9 Å². The lowest BCUT2D eigenvalue weighted by atomic mass is 9.95. The van der Waals surface area contributed by atoms with E-state index >= 15 is 4.39 Å². The number of halogens is 5. The molecule has 2 aromatic heterocycles. The lowest BCUT2D eigenvalue weighted by Crippen LogP contribution is -2.39. The number of thiazole rings is 1. The number of anilines is 1. The standard InChI is InChI=1S/C28H24F5N5OS/c29-20-5-1-2-6-23(20)39-24-8-7-18(12-21(30)22-16-40-27(37-22)19-9-10-35-36-14-19)26(25(24)28(31,32)33)38-11-3-4-17(13-34)15-38/h1-2,5-10,12,14,16-17H,3-4,11,13,15,34H2/b21-12-.